The number of thiophene rings is 1. The fourth-order valence-corrected chi connectivity index (χ4v) is 2.86. The van der Waals surface area contributed by atoms with Crippen molar-refractivity contribution in [2.45, 2.75) is 19.3 Å². The molecule has 0 saturated carbocycles. The summed E-state index contributed by atoms with van der Waals surface area (Å²) in [6.07, 6.45) is 2.08. The molecule has 3 aromatic rings. The standard InChI is InChI=1S/C15H17N5OS/c1-19(2)14(21)7-3-5-11-8-9-13-16-17-15(20(13)18-11)12-6-4-10-22-12/h4,6,8-10H,3,5,7H2,1-2H3. The molecule has 0 radical (unpaired) electrons. The molecule has 3 rings (SSSR count). The average Bonchev–Trinajstić information content (AvgIpc) is 3.15. The summed E-state index contributed by atoms with van der Waals surface area (Å²) in [4.78, 5) is 14.3. The highest BCUT2D eigenvalue weighted by atomic mass is 32.1. The Labute approximate surface area is 132 Å². The smallest absolute Gasteiger partial charge is 0.222 e. The molecule has 7 heteroatoms. The van der Waals surface area contributed by atoms with Gasteiger partial charge in [-0.25, -0.2) is 0 Å². The Hall–Kier alpha value is -2.28. The van der Waals surface area contributed by atoms with Crippen molar-refractivity contribution in [3.05, 3.63) is 35.3 Å². The minimum absolute atomic E-state index is 0.143. The van der Waals surface area contributed by atoms with E-state index in [9.17, 15) is 4.79 Å². The Morgan fingerprint density at radius 1 is 1.27 bits per heavy atom. The molecule has 0 aromatic carbocycles. The second kappa shape index (κ2) is 6.23. The van der Waals surface area contributed by atoms with Crippen LogP contribution in [0.15, 0.2) is 29.6 Å². The van der Waals surface area contributed by atoms with Crippen molar-refractivity contribution in [2.24, 2.45) is 0 Å². The van der Waals surface area contributed by atoms with Crippen LogP contribution in [-0.4, -0.2) is 44.7 Å². The molecule has 0 aliphatic rings. The lowest BCUT2D eigenvalue weighted by Crippen LogP contribution is -2.21. The number of aromatic nitrogens is 4. The molecule has 3 aromatic heterocycles. The number of carbonyl (C=O) groups excluding carboxylic acids is 1. The van der Waals surface area contributed by atoms with Crippen LogP contribution in [0, 0.1) is 0 Å². The van der Waals surface area contributed by atoms with Crippen molar-refractivity contribution in [3.8, 4) is 10.7 Å². The van der Waals surface area contributed by atoms with Crippen molar-refractivity contribution in [3.63, 3.8) is 0 Å². The van der Waals surface area contributed by atoms with Crippen LogP contribution in [0.4, 0.5) is 0 Å². The van der Waals surface area contributed by atoms with Crippen LogP contribution in [0.5, 0.6) is 0 Å². The maximum absolute atomic E-state index is 11.6. The molecule has 0 aliphatic heterocycles. The number of hydrogen-bond donors (Lipinski definition) is 0. The summed E-state index contributed by atoms with van der Waals surface area (Å²) in [6, 6.07) is 7.85. The summed E-state index contributed by atoms with van der Waals surface area (Å²) in [7, 11) is 3.55. The fraction of sp³-hybridized carbons (Fsp3) is 0.333. The second-order valence-corrected chi connectivity index (χ2v) is 6.18. The van der Waals surface area contributed by atoms with Gasteiger partial charge in [-0.2, -0.15) is 9.61 Å². The van der Waals surface area contributed by atoms with E-state index < -0.39 is 0 Å². The van der Waals surface area contributed by atoms with E-state index in [2.05, 4.69) is 15.3 Å². The SMILES string of the molecule is CN(C)C(=O)CCCc1ccc2nnc(-c3cccs3)n2n1. The first-order valence-electron chi connectivity index (χ1n) is 7.10. The molecule has 3 heterocycles. The molecule has 114 valence electrons. The van der Waals surface area contributed by atoms with E-state index in [0.29, 0.717) is 6.42 Å². The van der Waals surface area contributed by atoms with Crippen molar-refractivity contribution >= 4 is 22.9 Å². The van der Waals surface area contributed by atoms with E-state index in [1.807, 2.05) is 29.6 Å². The maximum atomic E-state index is 11.6. The predicted molar refractivity (Wildman–Crippen MR) is 85.7 cm³/mol. The minimum atomic E-state index is 0.143. The zero-order chi connectivity index (χ0) is 15.5. The number of fused-ring (bicyclic) bond motifs is 1. The van der Waals surface area contributed by atoms with Crippen LogP contribution in [-0.2, 0) is 11.2 Å². The van der Waals surface area contributed by atoms with Gasteiger partial charge in [-0.15, -0.1) is 21.5 Å². The molecule has 0 spiro atoms. The van der Waals surface area contributed by atoms with Gasteiger partial charge in [-0.1, -0.05) is 6.07 Å². The fourth-order valence-electron chi connectivity index (χ4n) is 2.16. The van der Waals surface area contributed by atoms with Gasteiger partial charge in [0.25, 0.3) is 0 Å². The summed E-state index contributed by atoms with van der Waals surface area (Å²) in [6.45, 7) is 0. The second-order valence-electron chi connectivity index (χ2n) is 5.24. The molecule has 0 bridgehead atoms. The lowest BCUT2D eigenvalue weighted by molar-refractivity contribution is -0.128. The van der Waals surface area contributed by atoms with Gasteiger partial charge in [-0.05, 0) is 36.4 Å². The summed E-state index contributed by atoms with van der Waals surface area (Å²) in [5.74, 6) is 0.904. The third kappa shape index (κ3) is 2.99. The topological polar surface area (TPSA) is 63.4 Å². The van der Waals surface area contributed by atoms with Crippen molar-refractivity contribution < 1.29 is 4.79 Å². The van der Waals surface area contributed by atoms with E-state index in [1.165, 1.54) is 0 Å². The third-order valence-electron chi connectivity index (χ3n) is 3.38. The summed E-state index contributed by atoms with van der Waals surface area (Å²) < 4.78 is 1.77. The molecule has 0 N–H and O–H groups in total. The summed E-state index contributed by atoms with van der Waals surface area (Å²) in [5, 5.41) is 15.0. The highest BCUT2D eigenvalue weighted by Gasteiger charge is 2.11. The zero-order valence-electron chi connectivity index (χ0n) is 12.6. The lowest BCUT2D eigenvalue weighted by atomic mass is 10.2. The molecule has 0 fully saturated rings. The number of aryl methyl sites for hydroxylation is 1. The van der Waals surface area contributed by atoms with Gasteiger partial charge in [0.2, 0.25) is 5.91 Å². The molecule has 22 heavy (non-hydrogen) atoms. The Balaban J connectivity index is 1.77. The van der Waals surface area contributed by atoms with E-state index in [-0.39, 0.29) is 5.91 Å². The average molecular weight is 315 g/mol. The first-order chi connectivity index (χ1) is 10.6. The number of amides is 1. The number of carbonyl (C=O) groups is 1. The number of nitrogens with zero attached hydrogens (tertiary/aromatic N) is 5. The monoisotopic (exact) mass is 315 g/mol. The number of rotatable bonds is 5. The molecule has 6 nitrogen and oxygen atoms in total. The van der Waals surface area contributed by atoms with Crippen LogP contribution >= 0.6 is 11.3 Å². The molecule has 0 unspecified atom stereocenters. The van der Waals surface area contributed by atoms with E-state index >= 15 is 0 Å². The molecular weight excluding hydrogens is 298 g/mol. The highest BCUT2D eigenvalue weighted by molar-refractivity contribution is 7.13. The largest absolute Gasteiger partial charge is 0.349 e. The maximum Gasteiger partial charge on any atom is 0.222 e. The Morgan fingerprint density at radius 2 is 2.14 bits per heavy atom. The Morgan fingerprint density at radius 3 is 2.86 bits per heavy atom. The van der Waals surface area contributed by atoms with Gasteiger partial charge in [0, 0.05) is 20.5 Å². The van der Waals surface area contributed by atoms with Gasteiger partial charge in [-0.3, -0.25) is 4.79 Å². The highest BCUT2D eigenvalue weighted by Crippen LogP contribution is 2.22. The van der Waals surface area contributed by atoms with Crippen LogP contribution in [0.25, 0.3) is 16.3 Å². The molecule has 0 aliphatic carbocycles. The van der Waals surface area contributed by atoms with Gasteiger partial charge in [0.05, 0.1) is 10.6 Å². The molecule has 0 atom stereocenters. The first kappa shape index (κ1) is 14.6. The van der Waals surface area contributed by atoms with Gasteiger partial charge in [0.1, 0.15) is 0 Å². The first-order valence-corrected chi connectivity index (χ1v) is 7.98. The summed E-state index contributed by atoms with van der Waals surface area (Å²) >= 11 is 1.61. The lowest BCUT2D eigenvalue weighted by Gasteiger charge is -2.09. The normalized spacial score (nSPS) is 11.0. The van der Waals surface area contributed by atoms with Gasteiger partial charge >= 0.3 is 0 Å². The molecular formula is C15H17N5OS. The van der Waals surface area contributed by atoms with Crippen molar-refractivity contribution in [1.82, 2.24) is 24.7 Å². The minimum Gasteiger partial charge on any atom is -0.349 e. The third-order valence-corrected chi connectivity index (χ3v) is 4.25. The van der Waals surface area contributed by atoms with E-state index in [0.717, 1.165) is 34.9 Å². The summed E-state index contributed by atoms with van der Waals surface area (Å²) in [5.41, 5.74) is 1.67. The van der Waals surface area contributed by atoms with Crippen LogP contribution in [0.3, 0.4) is 0 Å². The van der Waals surface area contributed by atoms with E-state index in [4.69, 9.17) is 0 Å². The van der Waals surface area contributed by atoms with Gasteiger partial charge in [0.15, 0.2) is 11.5 Å². The zero-order valence-corrected chi connectivity index (χ0v) is 13.4. The van der Waals surface area contributed by atoms with Crippen molar-refractivity contribution in [2.75, 3.05) is 14.1 Å². The quantitative estimate of drug-likeness (QED) is 0.724. The van der Waals surface area contributed by atoms with Crippen LogP contribution in [0.1, 0.15) is 18.5 Å². The predicted octanol–water partition coefficient (Wildman–Crippen LogP) is 2.26. The van der Waals surface area contributed by atoms with Crippen molar-refractivity contribution in [1.29, 1.82) is 0 Å². The van der Waals surface area contributed by atoms with Crippen LogP contribution in [0.2, 0.25) is 0 Å². The van der Waals surface area contributed by atoms with Crippen LogP contribution < -0.4 is 0 Å². The van der Waals surface area contributed by atoms with Gasteiger partial charge < -0.3 is 4.90 Å². The molecule has 1 amide bonds. The Kier molecular flexibility index (Phi) is 4.15. The molecule has 0 saturated heterocycles. The Bertz CT molecular complexity index is 778. The number of hydrogen-bond acceptors (Lipinski definition) is 5. The van der Waals surface area contributed by atoms with E-state index in [1.54, 1.807) is 34.8 Å².